The number of hydrogen-bond acceptors (Lipinski definition) is 3. The summed E-state index contributed by atoms with van der Waals surface area (Å²) in [6, 6.07) is 4.13. The molecular formula is C14H23N3. The fraction of sp³-hybridized carbons (Fsp3) is 0.643. The van der Waals surface area contributed by atoms with Crippen LogP contribution in [0.25, 0.3) is 0 Å². The van der Waals surface area contributed by atoms with Crippen LogP contribution in [0.3, 0.4) is 0 Å². The minimum absolute atomic E-state index is 0.0562. The maximum atomic E-state index is 6.02. The van der Waals surface area contributed by atoms with E-state index >= 15 is 0 Å². The summed E-state index contributed by atoms with van der Waals surface area (Å²) < 4.78 is 0. The number of nitrogens with two attached hydrogens (primary N) is 1. The Balaban J connectivity index is 2.21. The molecule has 1 unspecified atom stereocenters. The predicted molar refractivity (Wildman–Crippen MR) is 72.1 cm³/mol. The number of rotatable bonds is 3. The Morgan fingerprint density at radius 1 is 1.59 bits per heavy atom. The van der Waals surface area contributed by atoms with E-state index in [1.165, 1.54) is 24.8 Å². The van der Waals surface area contributed by atoms with Gasteiger partial charge in [0.2, 0.25) is 0 Å². The Labute approximate surface area is 104 Å². The van der Waals surface area contributed by atoms with Gasteiger partial charge in [-0.1, -0.05) is 19.4 Å². The molecule has 1 aromatic heterocycles. The fourth-order valence-electron chi connectivity index (χ4n) is 2.62. The molecule has 1 fully saturated rings. The third kappa shape index (κ3) is 2.78. The predicted octanol–water partition coefficient (Wildman–Crippen LogP) is 2.73. The molecule has 0 bridgehead atoms. The summed E-state index contributed by atoms with van der Waals surface area (Å²) in [5, 5.41) is 0. The zero-order valence-corrected chi connectivity index (χ0v) is 10.9. The number of nitrogens with zero attached hydrogens (tertiary/aromatic N) is 2. The van der Waals surface area contributed by atoms with Crippen molar-refractivity contribution in [3.63, 3.8) is 0 Å². The Morgan fingerprint density at radius 2 is 2.41 bits per heavy atom. The van der Waals surface area contributed by atoms with Crippen LogP contribution in [-0.4, -0.2) is 18.1 Å². The number of anilines is 1. The lowest BCUT2D eigenvalue weighted by atomic mass is 9.95. The Morgan fingerprint density at radius 3 is 3.12 bits per heavy atom. The number of piperidine rings is 1. The second-order valence-corrected chi connectivity index (χ2v) is 5.07. The summed E-state index contributed by atoms with van der Waals surface area (Å²) in [7, 11) is 0. The van der Waals surface area contributed by atoms with Gasteiger partial charge in [0.1, 0.15) is 5.82 Å². The molecule has 3 heteroatoms. The van der Waals surface area contributed by atoms with Crippen molar-refractivity contribution in [1.29, 1.82) is 0 Å². The van der Waals surface area contributed by atoms with Crippen LogP contribution < -0.4 is 10.6 Å². The van der Waals surface area contributed by atoms with Gasteiger partial charge in [0.05, 0.1) is 0 Å². The van der Waals surface area contributed by atoms with Crippen molar-refractivity contribution in [2.75, 3.05) is 18.0 Å². The molecule has 0 radical (unpaired) electrons. The molecule has 0 saturated carbocycles. The van der Waals surface area contributed by atoms with Crippen molar-refractivity contribution < 1.29 is 0 Å². The maximum Gasteiger partial charge on any atom is 0.133 e. The van der Waals surface area contributed by atoms with E-state index in [1.807, 2.05) is 19.2 Å². The Bertz CT molecular complexity index is 362. The van der Waals surface area contributed by atoms with Crippen molar-refractivity contribution >= 4 is 5.82 Å². The van der Waals surface area contributed by atoms with Gasteiger partial charge in [-0.2, -0.15) is 0 Å². The molecule has 0 aliphatic carbocycles. The van der Waals surface area contributed by atoms with E-state index in [2.05, 4.69) is 22.9 Å². The monoisotopic (exact) mass is 233 g/mol. The van der Waals surface area contributed by atoms with Crippen molar-refractivity contribution in [3.8, 4) is 0 Å². The molecule has 1 aliphatic rings. The van der Waals surface area contributed by atoms with Gasteiger partial charge >= 0.3 is 0 Å². The van der Waals surface area contributed by atoms with E-state index in [-0.39, 0.29) is 6.04 Å². The average Bonchev–Trinajstić information content (AvgIpc) is 2.39. The lowest BCUT2D eigenvalue weighted by Crippen LogP contribution is -2.36. The normalized spacial score (nSPS) is 22.5. The van der Waals surface area contributed by atoms with Crippen LogP contribution in [0.4, 0.5) is 5.82 Å². The van der Waals surface area contributed by atoms with Crippen LogP contribution in [0.2, 0.25) is 0 Å². The number of pyridine rings is 1. The first-order valence-corrected chi connectivity index (χ1v) is 6.67. The molecular weight excluding hydrogens is 210 g/mol. The minimum Gasteiger partial charge on any atom is -0.356 e. The van der Waals surface area contributed by atoms with Crippen molar-refractivity contribution in [1.82, 2.24) is 4.98 Å². The maximum absolute atomic E-state index is 6.02. The van der Waals surface area contributed by atoms with Crippen LogP contribution in [0, 0.1) is 5.92 Å². The highest BCUT2D eigenvalue weighted by Gasteiger charge is 2.22. The molecule has 2 N–H and O–H groups in total. The Hall–Kier alpha value is -1.09. The molecule has 2 rings (SSSR count). The largest absolute Gasteiger partial charge is 0.356 e. The van der Waals surface area contributed by atoms with Crippen molar-refractivity contribution in [2.24, 2.45) is 11.7 Å². The van der Waals surface area contributed by atoms with Crippen LogP contribution in [0.5, 0.6) is 0 Å². The molecule has 94 valence electrons. The van der Waals surface area contributed by atoms with Gasteiger partial charge in [0.25, 0.3) is 0 Å². The summed E-state index contributed by atoms with van der Waals surface area (Å²) in [6.07, 6.45) is 5.76. The molecule has 2 atom stereocenters. The van der Waals surface area contributed by atoms with E-state index in [4.69, 9.17) is 5.73 Å². The summed E-state index contributed by atoms with van der Waals surface area (Å²) >= 11 is 0. The smallest absolute Gasteiger partial charge is 0.133 e. The molecule has 0 spiro atoms. The van der Waals surface area contributed by atoms with Crippen LogP contribution >= 0.6 is 0 Å². The average molecular weight is 233 g/mol. The molecule has 2 heterocycles. The minimum atomic E-state index is 0.0562. The third-order valence-corrected chi connectivity index (χ3v) is 3.70. The first-order valence-electron chi connectivity index (χ1n) is 6.67. The molecule has 1 aromatic rings. The first-order chi connectivity index (χ1) is 8.22. The third-order valence-electron chi connectivity index (χ3n) is 3.70. The van der Waals surface area contributed by atoms with Crippen LogP contribution in [0.15, 0.2) is 18.3 Å². The molecule has 0 amide bonds. The molecule has 0 aromatic carbocycles. The van der Waals surface area contributed by atoms with Gasteiger partial charge < -0.3 is 10.6 Å². The van der Waals surface area contributed by atoms with E-state index < -0.39 is 0 Å². The van der Waals surface area contributed by atoms with E-state index in [1.54, 1.807) is 0 Å². The highest BCUT2D eigenvalue weighted by Crippen LogP contribution is 2.28. The van der Waals surface area contributed by atoms with Gasteiger partial charge in [-0.05, 0) is 31.7 Å². The standard InChI is InChI=1S/C14H23N3/c1-3-12-6-5-9-17(10-12)14-13(11(2)15)7-4-8-16-14/h4,7-8,11-12H,3,5-6,9-10,15H2,1-2H3/t11-,12?/m1/s1. The van der Waals surface area contributed by atoms with E-state index in [9.17, 15) is 0 Å². The number of hydrogen-bond donors (Lipinski definition) is 1. The molecule has 1 aliphatic heterocycles. The van der Waals surface area contributed by atoms with Gasteiger partial charge in [-0.3, -0.25) is 0 Å². The van der Waals surface area contributed by atoms with Crippen LogP contribution in [-0.2, 0) is 0 Å². The van der Waals surface area contributed by atoms with Gasteiger partial charge in [-0.15, -0.1) is 0 Å². The van der Waals surface area contributed by atoms with Gasteiger partial charge in [-0.25, -0.2) is 4.98 Å². The summed E-state index contributed by atoms with van der Waals surface area (Å²) in [4.78, 5) is 6.95. The molecule has 17 heavy (non-hydrogen) atoms. The SMILES string of the molecule is CCC1CCCN(c2ncccc2[C@@H](C)N)C1. The quantitative estimate of drug-likeness (QED) is 0.873. The lowest BCUT2D eigenvalue weighted by Gasteiger charge is -2.34. The van der Waals surface area contributed by atoms with Gasteiger partial charge in [0.15, 0.2) is 0 Å². The Kier molecular flexibility index (Phi) is 4.00. The van der Waals surface area contributed by atoms with Crippen molar-refractivity contribution in [3.05, 3.63) is 23.9 Å². The molecule has 1 saturated heterocycles. The van der Waals surface area contributed by atoms with Gasteiger partial charge in [0, 0.05) is 30.9 Å². The van der Waals surface area contributed by atoms with Crippen LogP contribution in [0.1, 0.15) is 44.7 Å². The summed E-state index contributed by atoms with van der Waals surface area (Å²) in [5.74, 6) is 1.91. The summed E-state index contributed by atoms with van der Waals surface area (Å²) in [5.41, 5.74) is 7.19. The van der Waals surface area contributed by atoms with E-state index in [0.29, 0.717) is 0 Å². The fourth-order valence-corrected chi connectivity index (χ4v) is 2.62. The zero-order valence-electron chi connectivity index (χ0n) is 10.9. The lowest BCUT2D eigenvalue weighted by molar-refractivity contribution is 0.402. The van der Waals surface area contributed by atoms with E-state index in [0.717, 1.165) is 24.8 Å². The van der Waals surface area contributed by atoms with Crippen molar-refractivity contribution in [2.45, 2.75) is 39.2 Å². The highest BCUT2D eigenvalue weighted by molar-refractivity contribution is 5.48. The summed E-state index contributed by atoms with van der Waals surface area (Å²) in [6.45, 7) is 6.56. The second kappa shape index (κ2) is 5.50. The zero-order chi connectivity index (χ0) is 12.3. The first kappa shape index (κ1) is 12.4. The highest BCUT2D eigenvalue weighted by atomic mass is 15.2. The topological polar surface area (TPSA) is 42.2 Å². The second-order valence-electron chi connectivity index (χ2n) is 5.07. The number of aromatic nitrogens is 1. The molecule has 3 nitrogen and oxygen atoms in total.